The third-order valence-electron chi connectivity index (χ3n) is 3.92. The van der Waals surface area contributed by atoms with Crippen molar-refractivity contribution in [1.29, 1.82) is 0 Å². The first kappa shape index (κ1) is 15.1. The van der Waals surface area contributed by atoms with E-state index in [1.54, 1.807) is 0 Å². The molecule has 0 aliphatic heterocycles. The zero-order valence-corrected chi connectivity index (χ0v) is 13.3. The van der Waals surface area contributed by atoms with Crippen LogP contribution in [0.4, 0.5) is 5.82 Å². The van der Waals surface area contributed by atoms with Crippen molar-refractivity contribution in [3.63, 3.8) is 0 Å². The molecular weight excluding hydrogens is 288 g/mol. The molecule has 3 rings (SSSR count). The van der Waals surface area contributed by atoms with Crippen molar-refractivity contribution < 1.29 is 0 Å². The maximum Gasteiger partial charge on any atom is 0.152 e. The number of aryl methyl sites for hydroxylation is 2. The normalized spacial score (nSPS) is 11.2. The second-order valence-electron chi connectivity index (χ2n) is 5.55. The molecule has 0 spiro atoms. The first-order valence-corrected chi connectivity index (χ1v) is 7.83. The minimum atomic E-state index is 0.487. The Labute approximate surface area is 135 Å². The molecule has 0 aliphatic rings. The van der Waals surface area contributed by atoms with Gasteiger partial charge in [-0.2, -0.15) is 0 Å². The monoisotopic (exact) mass is 310 g/mol. The second-order valence-corrected chi connectivity index (χ2v) is 5.55. The summed E-state index contributed by atoms with van der Waals surface area (Å²) in [4.78, 5) is 9.18. The smallest absolute Gasteiger partial charge is 0.152 e. The Balaban J connectivity index is 2.08. The number of anilines is 1. The maximum absolute atomic E-state index is 6.13. The Morgan fingerprint density at radius 1 is 1.30 bits per heavy atom. The molecule has 0 unspecified atom stereocenters. The first-order chi connectivity index (χ1) is 11.1. The van der Waals surface area contributed by atoms with Crippen molar-refractivity contribution in [3.05, 3.63) is 42.5 Å². The highest BCUT2D eigenvalue weighted by atomic mass is 15.1. The van der Waals surface area contributed by atoms with E-state index in [1.165, 1.54) is 0 Å². The molecular formula is C17H22N6. The molecule has 0 saturated heterocycles. The summed E-state index contributed by atoms with van der Waals surface area (Å²) in [6, 6.07) is 8.04. The van der Waals surface area contributed by atoms with Crippen LogP contribution in [0.3, 0.4) is 0 Å². The number of rotatable bonds is 6. The van der Waals surface area contributed by atoms with Crippen LogP contribution in [0.5, 0.6) is 0 Å². The van der Waals surface area contributed by atoms with Crippen molar-refractivity contribution in [1.82, 2.24) is 19.9 Å². The van der Waals surface area contributed by atoms with Crippen LogP contribution in [0.1, 0.15) is 19.2 Å². The first-order valence-electron chi connectivity index (χ1n) is 7.83. The van der Waals surface area contributed by atoms with Gasteiger partial charge in [-0.05, 0) is 12.5 Å². The molecule has 0 aliphatic carbocycles. The van der Waals surface area contributed by atoms with E-state index in [0.717, 1.165) is 53.7 Å². The Morgan fingerprint density at radius 3 is 2.83 bits per heavy atom. The van der Waals surface area contributed by atoms with Crippen LogP contribution in [0.2, 0.25) is 0 Å². The van der Waals surface area contributed by atoms with Crippen LogP contribution in [-0.2, 0) is 13.0 Å². The van der Waals surface area contributed by atoms with E-state index in [-0.39, 0.29) is 0 Å². The number of hydrogen-bond donors (Lipinski definition) is 3. The number of hydrogen-bond acceptors (Lipinski definition) is 5. The Morgan fingerprint density at radius 2 is 2.09 bits per heavy atom. The van der Waals surface area contributed by atoms with Gasteiger partial charge in [0.1, 0.15) is 11.3 Å². The van der Waals surface area contributed by atoms with E-state index >= 15 is 0 Å². The quantitative estimate of drug-likeness (QED) is 0.606. The fourth-order valence-corrected chi connectivity index (χ4v) is 2.90. The Hall–Kier alpha value is -2.76. The number of para-hydroxylation sites is 1. The summed E-state index contributed by atoms with van der Waals surface area (Å²) in [6.45, 7) is 7.36. The van der Waals surface area contributed by atoms with E-state index in [2.05, 4.69) is 34.4 Å². The number of benzene rings is 1. The molecule has 2 heterocycles. The number of aromatic nitrogens is 3. The molecule has 3 aromatic rings. The number of nitrogens with zero attached hydrogens (tertiary/aromatic N) is 3. The van der Waals surface area contributed by atoms with Crippen LogP contribution in [-0.4, -0.2) is 21.1 Å². The third kappa shape index (κ3) is 2.79. The summed E-state index contributed by atoms with van der Waals surface area (Å²) in [5.74, 6) is 2.01. The van der Waals surface area contributed by atoms with E-state index in [0.29, 0.717) is 11.6 Å². The van der Waals surface area contributed by atoms with Crippen LogP contribution in [0.15, 0.2) is 36.7 Å². The van der Waals surface area contributed by atoms with E-state index < -0.39 is 0 Å². The highest BCUT2D eigenvalue weighted by Gasteiger charge is 2.15. The predicted molar refractivity (Wildman–Crippen MR) is 94.8 cm³/mol. The highest BCUT2D eigenvalue weighted by Crippen LogP contribution is 2.29. The van der Waals surface area contributed by atoms with Crippen molar-refractivity contribution in [2.24, 2.45) is 5.73 Å². The second kappa shape index (κ2) is 6.16. The van der Waals surface area contributed by atoms with Gasteiger partial charge in [0.05, 0.1) is 16.9 Å². The van der Waals surface area contributed by atoms with Crippen molar-refractivity contribution in [2.45, 2.75) is 26.3 Å². The summed E-state index contributed by atoms with van der Waals surface area (Å²) in [7, 11) is 0. The van der Waals surface area contributed by atoms with Gasteiger partial charge in [0, 0.05) is 24.9 Å². The lowest BCUT2D eigenvalue weighted by atomic mass is 10.2. The number of nitrogens with two attached hydrogens (primary N) is 2. The fourth-order valence-electron chi connectivity index (χ4n) is 2.90. The molecule has 0 atom stereocenters. The minimum Gasteiger partial charge on any atom is -0.386 e. The molecule has 120 valence electrons. The Kier molecular flexibility index (Phi) is 4.06. The topological polar surface area (TPSA) is 94.8 Å². The van der Waals surface area contributed by atoms with Crippen LogP contribution in [0, 0.1) is 0 Å². The Bertz CT molecular complexity index is 864. The maximum atomic E-state index is 6.13. The summed E-state index contributed by atoms with van der Waals surface area (Å²) in [6.07, 6.45) is 1.77. The number of nitrogens with one attached hydrogen (secondary N) is 1. The third-order valence-corrected chi connectivity index (χ3v) is 3.92. The highest BCUT2D eigenvalue weighted by molar-refractivity contribution is 6.06. The lowest BCUT2D eigenvalue weighted by Gasteiger charge is -2.11. The van der Waals surface area contributed by atoms with Gasteiger partial charge in [0.15, 0.2) is 5.82 Å². The zero-order valence-electron chi connectivity index (χ0n) is 13.3. The van der Waals surface area contributed by atoms with Crippen LogP contribution < -0.4 is 16.8 Å². The molecule has 23 heavy (non-hydrogen) atoms. The molecule has 0 fully saturated rings. The summed E-state index contributed by atoms with van der Waals surface area (Å²) < 4.78 is 2.25. The van der Waals surface area contributed by atoms with Gasteiger partial charge in [0.2, 0.25) is 0 Å². The lowest BCUT2D eigenvalue weighted by molar-refractivity contribution is 0.604. The van der Waals surface area contributed by atoms with Gasteiger partial charge in [-0.15, -0.1) is 0 Å². The summed E-state index contributed by atoms with van der Waals surface area (Å²) in [5.41, 5.74) is 14.4. The standard InChI is InChI=1S/C17H22N6/c1-3-14-22-15-16(23(14)10-6-9-20-11(2)18)12-7-4-5-8-13(12)21-17(15)19/h4-5,7-8,20H,2-3,6,9-10,18H2,1H3,(H2,19,21). The molecule has 5 N–H and O–H groups in total. The van der Waals surface area contributed by atoms with Gasteiger partial charge in [0.25, 0.3) is 0 Å². The molecule has 0 bridgehead atoms. The van der Waals surface area contributed by atoms with Crippen molar-refractivity contribution >= 4 is 27.8 Å². The largest absolute Gasteiger partial charge is 0.386 e. The number of pyridine rings is 1. The molecule has 0 amide bonds. The van der Waals surface area contributed by atoms with Crippen LogP contribution >= 0.6 is 0 Å². The van der Waals surface area contributed by atoms with Crippen LogP contribution in [0.25, 0.3) is 21.9 Å². The fraction of sp³-hybridized carbons (Fsp3) is 0.294. The van der Waals surface area contributed by atoms with Crippen molar-refractivity contribution in [3.8, 4) is 0 Å². The number of nitrogen functional groups attached to an aromatic ring is 1. The SMILES string of the molecule is C=C(N)NCCCn1c(CC)nc2c(N)nc3ccccc3c21. The summed E-state index contributed by atoms with van der Waals surface area (Å²) in [5, 5.41) is 4.14. The molecule has 6 nitrogen and oxygen atoms in total. The van der Waals surface area contributed by atoms with Crippen molar-refractivity contribution in [2.75, 3.05) is 12.3 Å². The van der Waals surface area contributed by atoms with Gasteiger partial charge in [-0.25, -0.2) is 9.97 Å². The number of imidazole rings is 1. The molecule has 0 radical (unpaired) electrons. The van der Waals surface area contributed by atoms with E-state index in [1.807, 2.05) is 18.2 Å². The predicted octanol–water partition coefficient (Wildman–Crippen LogP) is 2.14. The van der Waals surface area contributed by atoms with Gasteiger partial charge < -0.3 is 21.4 Å². The van der Waals surface area contributed by atoms with E-state index in [4.69, 9.17) is 16.5 Å². The zero-order chi connectivity index (χ0) is 16.4. The number of fused-ring (bicyclic) bond motifs is 3. The summed E-state index contributed by atoms with van der Waals surface area (Å²) >= 11 is 0. The van der Waals surface area contributed by atoms with Gasteiger partial charge in [-0.1, -0.05) is 31.7 Å². The molecule has 1 aromatic carbocycles. The minimum absolute atomic E-state index is 0.487. The molecule has 6 heteroatoms. The molecule has 2 aromatic heterocycles. The van der Waals surface area contributed by atoms with Gasteiger partial charge in [-0.3, -0.25) is 0 Å². The average molecular weight is 310 g/mol. The van der Waals surface area contributed by atoms with E-state index in [9.17, 15) is 0 Å². The molecule has 0 saturated carbocycles. The lowest BCUT2D eigenvalue weighted by Crippen LogP contribution is -2.21. The average Bonchev–Trinajstić information content (AvgIpc) is 2.91. The van der Waals surface area contributed by atoms with Gasteiger partial charge >= 0.3 is 0 Å².